The van der Waals surface area contributed by atoms with Gasteiger partial charge in [-0.3, -0.25) is 0 Å². The number of oxime groups is 1. The van der Waals surface area contributed by atoms with Crippen LogP contribution in [0.3, 0.4) is 0 Å². The van der Waals surface area contributed by atoms with Gasteiger partial charge in [-0.15, -0.1) is 0 Å². The fraction of sp³-hybridized carbons (Fsp3) is 0.273. The van der Waals surface area contributed by atoms with Crippen molar-refractivity contribution in [2.24, 2.45) is 10.9 Å². The third kappa shape index (κ3) is 3.62. The first-order chi connectivity index (χ1) is 8.43. The molecule has 18 heavy (non-hydrogen) atoms. The predicted molar refractivity (Wildman–Crippen MR) is 66.2 cm³/mol. The molecule has 0 bridgehead atoms. The molecule has 0 fully saturated rings. The molecule has 7 heteroatoms. The molecule has 0 unspecified atom stereocenters. The Labute approximate surface area is 104 Å². The van der Waals surface area contributed by atoms with Crippen molar-refractivity contribution in [3.05, 3.63) is 29.6 Å². The highest BCUT2D eigenvalue weighted by molar-refractivity contribution is 5.99. The van der Waals surface area contributed by atoms with Crippen molar-refractivity contribution in [1.29, 1.82) is 0 Å². The van der Waals surface area contributed by atoms with Crippen LogP contribution in [0, 0.1) is 5.82 Å². The summed E-state index contributed by atoms with van der Waals surface area (Å²) in [5, 5.41) is 16.3. The van der Waals surface area contributed by atoms with Crippen molar-refractivity contribution >= 4 is 17.6 Å². The summed E-state index contributed by atoms with van der Waals surface area (Å²) >= 11 is 0. The van der Waals surface area contributed by atoms with Crippen LogP contribution in [0.2, 0.25) is 0 Å². The number of nitrogens with zero attached hydrogens (tertiary/aromatic N) is 1. The Hall–Kier alpha value is -2.31. The van der Waals surface area contributed by atoms with Crippen LogP contribution in [-0.2, 0) is 0 Å². The van der Waals surface area contributed by atoms with Gasteiger partial charge < -0.3 is 21.6 Å². The number of amides is 2. The molecule has 2 amide bonds. The van der Waals surface area contributed by atoms with Gasteiger partial charge in [0.25, 0.3) is 0 Å². The Morgan fingerprint density at radius 2 is 2.17 bits per heavy atom. The number of nitrogens with one attached hydrogen (secondary N) is 2. The molecular weight excluding hydrogens is 239 g/mol. The smallest absolute Gasteiger partial charge is 0.319 e. The lowest BCUT2D eigenvalue weighted by molar-refractivity contribution is 0.250. The number of rotatable bonds is 3. The predicted octanol–water partition coefficient (Wildman–Crippen LogP) is 1.45. The summed E-state index contributed by atoms with van der Waals surface area (Å²) in [6.07, 6.45) is 0. The maximum Gasteiger partial charge on any atom is 0.319 e. The summed E-state index contributed by atoms with van der Waals surface area (Å²) in [5.41, 5.74) is 5.57. The summed E-state index contributed by atoms with van der Waals surface area (Å²) < 4.78 is 13.4. The number of carbonyl (C=O) groups is 1. The van der Waals surface area contributed by atoms with Crippen LogP contribution in [0.4, 0.5) is 14.9 Å². The van der Waals surface area contributed by atoms with Crippen molar-refractivity contribution in [3.8, 4) is 0 Å². The van der Waals surface area contributed by atoms with E-state index in [1.54, 1.807) is 0 Å². The van der Waals surface area contributed by atoms with Gasteiger partial charge in [0.2, 0.25) is 0 Å². The van der Waals surface area contributed by atoms with Crippen molar-refractivity contribution in [1.82, 2.24) is 5.32 Å². The van der Waals surface area contributed by atoms with E-state index in [1.165, 1.54) is 12.1 Å². The van der Waals surface area contributed by atoms with E-state index in [9.17, 15) is 9.18 Å². The Balaban J connectivity index is 2.89. The zero-order chi connectivity index (χ0) is 13.7. The molecule has 0 aliphatic carbocycles. The number of urea groups is 1. The number of hydrogen-bond donors (Lipinski definition) is 4. The van der Waals surface area contributed by atoms with Gasteiger partial charge in [-0.1, -0.05) is 5.16 Å². The minimum Gasteiger partial charge on any atom is -0.409 e. The van der Waals surface area contributed by atoms with E-state index in [1.807, 2.05) is 13.8 Å². The zero-order valence-corrected chi connectivity index (χ0v) is 10.1. The van der Waals surface area contributed by atoms with E-state index in [-0.39, 0.29) is 17.4 Å². The van der Waals surface area contributed by atoms with Gasteiger partial charge in [0.05, 0.1) is 5.56 Å². The molecule has 6 nitrogen and oxygen atoms in total. The number of benzene rings is 1. The van der Waals surface area contributed by atoms with E-state index < -0.39 is 11.8 Å². The Morgan fingerprint density at radius 3 is 2.72 bits per heavy atom. The lowest BCUT2D eigenvalue weighted by Gasteiger charge is -2.11. The van der Waals surface area contributed by atoms with Gasteiger partial charge in [0, 0.05) is 11.7 Å². The third-order valence-corrected chi connectivity index (χ3v) is 2.03. The number of hydrogen-bond acceptors (Lipinski definition) is 3. The molecular formula is C11H15FN4O2. The van der Waals surface area contributed by atoms with Crippen LogP contribution in [-0.4, -0.2) is 23.1 Å². The minimum atomic E-state index is -0.639. The molecule has 0 saturated heterocycles. The molecule has 0 aromatic heterocycles. The SMILES string of the molecule is CC(C)NC(=O)Nc1ccc(F)c(C(N)=NO)c1. The molecule has 1 aromatic carbocycles. The van der Waals surface area contributed by atoms with Crippen LogP contribution in [0.5, 0.6) is 0 Å². The second-order valence-corrected chi connectivity index (χ2v) is 3.93. The molecule has 0 atom stereocenters. The van der Waals surface area contributed by atoms with Crippen molar-refractivity contribution in [2.75, 3.05) is 5.32 Å². The first kappa shape index (κ1) is 13.8. The molecule has 98 valence electrons. The van der Waals surface area contributed by atoms with Gasteiger partial charge in [0.1, 0.15) is 5.82 Å². The number of carbonyl (C=O) groups excluding carboxylic acids is 1. The largest absolute Gasteiger partial charge is 0.409 e. The highest BCUT2D eigenvalue weighted by atomic mass is 19.1. The summed E-state index contributed by atoms with van der Waals surface area (Å²) in [6.45, 7) is 3.62. The number of amidine groups is 1. The van der Waals surface area contributed by atoms with E-state index in [0.29, 0.717) is 5.69 Å². The van der Waals surface area contributed by atoms with E-state index in [0.717, 1.165) is 6.07 Å². The minimum absolute atomic E-state index is 0.0195. The molecule has 5 N–H and O–H groups in total. The number of nitrogens with two attached hydrogens (primary N) is 1. The molecule has 0 aliphatic rings. The second kappa shape index (κ2) is 5.85. The Bertz CT molecular complexity index is 474. The van der Waals surface area contributed by atoms with Gasteiger partial charge >= 0.3 is 6.03 Å². The topological polar surface area (TPSA) is 99.7 Å². The summed E-state index contributed by atoms with van der Waals surface area (Å²) in [4.78, 5) is 11.4. The zero-order valence-electron chi connectivity index (χ0n) is 10.1. The molecule has 0 heterocycles. The molecule has 1 rings (SSSR count). The Morgan fingerprint density at radius 1 is 1.50 bits per heavy atom. The first-order valence-electron chi connectivity index (χ1n) is 5.29. The van der Waals surface area contributed by atoms with E-state index in [2.05, 4.69) is 15.8 Å². The maximum absolute atomic E-state index is 13.4. The first-order valence-corrected chi connectivity index (χ1v) is 5.29. The van der Waals surface area contributed by atoms with Crippen LogP contribution in [0.1, 0.15) is 19.4 Å². The van der Waals surface area contributed by atoms with Crippen LogP contribution in [0.25, 0.3) is 0 Å². The van der Waals surface area contributed by atoms with E-state index in [4.69, 9.17) is 10.9 Å². The van der Waals surface area contributed by atoms with Gasteiger partial charge in [0.15, 0.2) is 5.84 Å². The van der Waals surface area contributed by atoms with E-state index >= 15 is 0 Å². The fourth-order valence-corrected chi connectivity index (χ4v) is 1.28. The van der Waals surface area contributed by atoms with Crippen molar-refractivity contribution in [3.63, 3.8) is 0 Å². The quantitative estimate of drug-likeness (QED) is 0.284. The van der Waals surface area contributed by atoms with Crippen molar-refractivity contribution < 1.29 is 14.4 Å². The lowest BCUT2D eigenvalue weighted by atomic mass is 10.1. The average Bonchev–Trinajstić information content (AvgIpc) is 2.29. The summed E-state index contributed by atoms with van der Waals surface area (Å²) in [5.74, 6) is -1.000. The van der Waals surface area contributed by atoms with Crippen LogP contribution in [0.15, 0.2) is 23.4 Å². The molecule has 1 aromatic rings. The fourth-order valence-electron chi connectivity index (χ4n) is 1.28. The summed E-state index contributed by atoms with van der Waals surface area (Å²) in [7, 11) is 0. The van der Waals surface area contributed by atoms with Crippen LogP contribution < -0.4 is 16.4 Å². The van der Waals surface area contributed by atoms with Gasteiger partial charge in [-0.05, 0) is 32.0 Å². The van der Waals surface area contributed by atoms with Gasteiger partial charge in [-0.2, -0.15) is 0 Å². The number of halogens is 1. The maximum atomic E-state index is 13.4. The standard InChI is InChI=1S/C11H15FN4O2/c1-6(2)14-11(17)15-7-3-4-9(12)8(5-7)10(13)16-18/h3-6,18H,1-2H3,(H2,13,16)(H2,14,15,17). The lowest BCUT2D eigenvalue weighted by Crippen LogP contribution is -2.34. The highest BCUT2D eigenvalue weighted by Crippen LogP contribution is 2.14. The van der Waals surface area contributed by atoms with Crippen LogP contribution >= 0.6 is 0 Å². The molecule has 0 aliphatic heterocycles. The normalized spacial score (nSPS) is 11.4. The highest BCUT2D eigenvalue weighted by Gasteiger charge is 2.10. The molecule has 0 spiro atoms. The third-order valence-electron chi connectivity index (χ3n) is 2.03. The number of anilines is 1. The second-order valence-electron chi connectivity index (χ2n) is 3.93. The monoisotopic (exact) mass is 254 g/mol. The van der Waals surface area contributed by atoms with Gasteiger partial charge in [-0.25, -0.2) is 9.18 Å². The Kier molecular flexibility index (Phi) is 4.47. The molecule has 0 radical (unpaired) electrons. The summed E-state index contributed by atoms with van der Waals surface area (Å²) in [6, 6.07) is 3.35. The molecule has 0 saturated carbocycles. The van der Waals surface area contributed by atoms with Crippen molar-refractivity contribution in [2.45, 2.75) is 19.9 Å². The average molecular weight is 254 g/mol.